The maximum Gasteiger partial charge on any atom is 0.418 e. The van der Waals surface area contributed by atoms with Crippen molar-refractivity contribution in [2.45, 2.75) is 18.7 Å². The minimum absolute atomic E-state index is 0.00676. The van der Waals surface area contributed by atoms with Crippen LogP contribution in [0.1, 0.15) is 18.1 Å². The molecule has 0 aromatic heterocycles. The lowest BCUT2D eigenvalue weighted by molar-refractivity contribution is -0.206. The van der Waals surface area contributed by atoms with E-state index in [-0.39, 0.29) is 22.1 Å². The SMILES string of the molecule is O[C@@H](c1cc(Cl)c2c(c1)OCCCO2)C(F)(F)F. The molecule has 1 aromatic rings. The number of ether oxygens (including phenoxy) is 2. The fraction of sp³-hybridized carbons (Fsp3) is 0.455. The maximum atomic E-state index is 12.4. The second kappa shape index (κ2) is 4.85. The van der Waals surface area contributed by atoms with Crippen molar-refractivity contribution in [3.8, 4) is 11.5 Å². The molecule has 0 bridgehead atoms. The van der Waals surface area contributed by atoms with Crippen LogP contribution in [0.15, 0.2) is 12.1 Å². The Morgan fingerprint density at radius 1 is 1.22 bits per heavy atom. The molecule has 0 unspecified atom stereocenters. The highest BCUT2D eigenvalue weighted by Crippen LogP contribution is 2.42. The van der Waals surface area contributed by atoms with Crippen LogP contribution < -0.4 is 9.47 Å². The quantitative estimate of drug-likeness (QED) is 0.860. The molecule has 1 N–H and O–H groups in total. The first-order valence-corrected chi connectivity index (χ1v) is 5.61. The fourth-order valence-electron chi connectivity index (χ4n) is 1.60. The number of alkyl halides is 3. The molecule has 2 rings (SSSR count). The minimum Gasteiger partial charge on any atom is -0.489 e. The molecule has 1 aliphatic rings. The van der Waals surface area contributed by atoms with E-state index >= 15 is 0 Å². The van der Waals surface area contributed by atoms with Crippen LogP contribution in [0.3, 0.4) is 0 Å². The van der Waals surface area contributed by atoms with Gasteiger partial charge in [0.1, 0.15) is 0 Å². The highest BCUT2D eigenvalue weighted by atomic mass is 35.5. The molecular weight excluding hydrogens is 273 g/mol. The lowest BCUT2D eigenvalue weighted by Crippen LogP contribution is -2.20. The molecule has 0 saturated carbocycles. The molecule has 0 fully saturated rings. The summed E-state index contributed by atoms with van der Waals surface area (Å²) in [6.45, 7) is 0.711. The van der Waals surface area contributed by atoms with Gasteiger partial charge in [0.15, 0.2) is 17.6 Å². The van der Waals surface area contributed by atoms with Crippen LogP contribution in [0.4, 0.5) is 13.2 Å². The molecule has 1 atom stereocenters. The van der Waals surface area contributed by atoms with Crippen LogP contribution in [0.5, 0.6) is 11.5 Å². The predicted molar refractivity (Wildman–Crippen MR) is 58.1 cm³/mol. The van der Waals surface area contributed by atoms with Gasteiger partial charge in [0.05, 0.1) is 18.2 Å². The summed E-state index contributed by atoms with van der Waals surface area (Å²) in [6.07, 6.45) is -6.72. The van der Waals surface area contributed by atoms with Crippen molar-refractivity contribution in [3.05, 3.63) is 22.7 Å². The van der Waals surface area contributed by atoms with Gasteiger partial charge in [0.2, 0.25) is 0 Å². The van der Waals surface area contributed by atoms with Crippen LogP contribution in [0.2, 0.25) is 5.02 Å². The molecule has 0 amide bonds. The number of rotatable bonds is 1. The number of halogens is 4. The predicted octanol–water partition coefficient (Wildman–Crippen LogP) is 3.10. The standard InChI is InChI=1S/C11H10ClF3O3/c12-7-4-6(10(16)11(13,14)15)5-8-9(7)18-3-1-2-17-8/h4-5,10,16H,1-3H2/t10-/m0/s1. The van der Waals surface area contributed by atoms with E-state index in [0.717, 1.165) is 12.1 Å². The third-order valence-corrected chi connectivity index (χ3v) is 2.73. The Kier molecular flexibility index (Phi) is 3.59. The van der Waals surface area contributed by atoms with Gasteiger partial charge in [0, 0.05) is 6.42 Å². The molecule has 0 radical (unpaired) electrons. The van der Waals surface area contributed by atoms with Crippen molar-refractivity contribution in [1.82, 2.24) is 0 Å². The van der Waals surface area contributed by atoms with Gasteiger partial charge in [-0.1, -0.05) is 11.6 Å². The number of fused-ring (bicyclic) bond motifs is 1. The van der Waals surface area contributed by atoms with Crippen LogP contribution in [0.25, 0.3) is 0 Å². The van der Waals surface area contributed by atoms with E-state index < -0.39 is 12.3 Å². The normalized spacial score (nSPS) is 17.2. The molecule has 0 spiro atoms. The van der Waals surface area contributed by atoms with E-state index in [4.69, 9.17) is 21.1 Å². The summed E-state index contributed by atoms with van der Waals surface area (Å²) in [5, 5.41) is 9.17. The summed E-state index contributed by atoms with van der Waals surface area (Å²) in [5.74, 6) is 0.339. The van der Waals surface area contributed by atoms with Crippen molar-refractivity contribution < 1.29 is 27.8 Å². The molecule has 1 aromatic carbocycles. The zero-order chi connectivity index (χ0) is 13.3. The Morgan fingerprint density at radius 3 is 2.56 bits per heavy atom. The average molecular weight is 283 g/mol. The summed E-state index contributed by atoms with van der Waals surface area (Å²) >= 11 is 5.83. The first-order valence-electron chi connectivity index (χ1n) is 5.23. The van der Waals surface area contributed by atoms with Crippen molar-refractivity contribution >= 4 is 11.6 Å². The second-order valence-corrected chi connectivity index (χ2v) is 4.23. The molecule has 18 heavy (non-hydrogen) atoms. The fourth-order valence-corrected chi connectivity index (χ4v) is 1.87. The molecule has 0 aliphatic carbocycles. The van der Waals surface area contributed by atoms with E-state index in [9.17, 15) is 18.3 Å². The minimum atomic E-state index is -4.75. The summed E-state index contributed by atoms with van der Waals surface area (Å²) in [6, 6.07) is 2.14. The van der Waals surface area contributed by atoms with Crippen molar-refractivity contribution in [2.24, 2.45) is 0 Å². The van der Waals surface area contributed by atoms with E-state index in [2.05, 4.69) is 0 Å². The van der Waals surface area contributed by atoms with Crippen molar-refractivity contribution in [3.63, 3.8) is 0 Å². The zero-order valence-electron chi connectivity index (χ0n) is 9.13. The van der Waals surface area contributed by atoms with Crippen LogP contribution in [0, 0.1) is 0 Å². The summed E-state index contributed by atoms with van der Waals surface area (Å²) < 4.78 is 47.8. The van der Waals surface area contributed by atoms with Gasteiger partial charge >= 0.3 is 6.18 Å². The highest BCUT2D eigenvalue weighted by molar-refractivity contribution is 6.32. The monoisotopic (exact) mass is 282 g/mol. The molecule has 100 valence electrons. The molecule has 3 nitrogen and oxygen atoms in total. The molecular formula is C11H10ClF3O3. The Morgan fingerprint density at radius 2 is 1.89 bits per heavy atom. The average Bonchev–Trinajstić information content (AvgIpc) is 2.52. The number of hydrogen-bond donors (Lipinski definition) is 1. The van der Waals surface area contributed by atoms with E-state index in [1.54, 1.807) is 0 Å². The zero-order valence-corrected chi connectivity index (χ0v) is 9.88. The molecule has 0 saturated heterocycles. The van der Waals surface area contributed by atoms with Gasteiger partial charge in [-0.2, -0.15) is 13.2 Å². The third kappa shape index (κ3) is 2.64. The lowest BCUT2D eigenvalue weighted by Gasteiger charge is -2.17. The molecule has 7 heteroatoms. The van der Waals surface area contributed by atoms with Gasteiger partial charge < -0.3 is 14.6 Å². The summed E-state index contributed by atoms with van der Waals surface area (Å²) in [5.41, 5.74) is -0.364. The van der Waals surface area contributed by atoms with Gasteiger partial charge in [0.25, 0.3) is 0 Å². The third-order valence-electron chi connectivity index (χ3n) is 2.45. The van der Waals surface area contributed by atoms with Gasteiger partial charge in [-0.15, -0.1) is 0 Å². The van der Waals surface area contributed by atoms with Crippen LogP contribution in [-0.4, -0.2) is 24.5 Å². The summed E-state index contributed by atoms with van der Waals surface area (Å²) in [4.78, 5) is 0. The maximum absolute atomic E-state index is 12.4. The summed E-state index contributed by atoms with van der Waals surface area (Å²) in [7, 11) is 0. The first kappa shape index (κ1) is 13.3. The van der Waals surface area contributed by atoms with E-state index in [1.807, 2.05) is 0 Å². The van der Waals surface area contributed by atoms with Crippen LogP contribution >= 0.6 is 11.6 Å². The highest BCUT2D eigenvalue weighted by Gasteiger charge is 2.40. The molecule has 1 heterocycles. The van der Waals surface area contributed by atoms with E-state index in [1.165, 1.54) is 0 Å². The number of hydrogen-bond acceptors (Lipinski definition) is 3. The Labute approximate surface area is 106 Å². The Balaban J connectivity index is 2.40. The van der Waals surface area contributed by atoms with Gasteiger partial charge in [-0.3, -0.25) is 0 Å². The largest absolute Gasteiger partial charge is 0.489 e. The van der Waals surface area contributed by atoms with Crippen LogP contribution in [-0.2, 0) is 0 Å². The second-order valence-electron chi connectivity index (χ2n) is 3.82. The number of benzene rings is 1. The van der Waals surface area contributed by atoms with Crippen molar-refractivity contribution in [2.75, 3.05) is 13.2 Å². The Hall–Kier alpha value is -1.14. The van der Waals surface area contributed by atoms with E-state index in [0.29, 0.717) is 19.6 Å². The number of aliphatic hydroxyl groups is 1. The lowest BCUT2D eigenvalue weighted by atomic mass is 10.1. The Bertz CT molecular complexity index is 448. The first-order chi connectivity index (χ1) is 8.39. The van der Waals surface area contributed by atoms with Crippen molar-refractivity contribution in [1.29, 1.82) is 0 Å². The smallest absolute Gasteiger partial charge is 0.418 e. The topological polar surface area (TPSA) is 38.7 Å². The van der Waals surface area contributed by atoms with Gasteiger partial charge in [-0.25, -0.2) is 0 Å². The number of aliphatic hydroxyl groups excluding tert-OH is 1. The molecule has 1 aliphatic heterocycles. The van der Waals surface area contributed by atoms with Gasteiger partial charge in [-0.05, 0) is 17.7 Å².